The number of benzene rings is 1. The lowest BCUT2D eigenvalue weighted by atomic mass is 9.95. The van der Waals surface area contributed by atoms with Gasteiger partial charge in [0.1, 0.15) is 0 Å². The third-order valence-corrected chi connectivity index (χ3v) is 3.78. The van der Waals surface area contributed by atoms with E-state index in [-0.39, 0.29) is 11.9 Å². The van der Waals surface area contributed by atoms with Gasteiger partial charge in [-0.1, -0.05) is 38.1 Å². The summed E-state index contributed by atoms with van der Waals surface area (Å²) in [5.74, 6) is 0.725. The van der Waals surface area contributed by atoms with Gasteiger partial charge in [-0.15, -0.1) is 0 Å². The highest BCUT2D eigenvalue weighted by Gasteiger charge is 2.23. The molecule has 2 rings (SSSR count). The van der Waals surface area contributed by atoms with Crippen LogP contribution in [0.3, 0.4) is 0 Å². The van der Waals surface area contributed by atoms with Gasteiger partial charge >= 0.3 is 0 Å². The summed E-state index contributed by atoms with van der Waals surface area (Å²) in [4.78, 5) is 12.1. The van der Waals surface area contributed by atoms with Gasteiger partial charge in [0.2, 0.25) is 5.91 Å². The fourth-order valence-electron chi connectivity index (χ4n) is 2.43. The highest BCUT2D eigenvalue weighted by atomic mass is 16.5. The Balaban J connectivity index is 1.66. The van der Waals surface area contributed by atoms with Crippen LogP contribution in [0.25, 0.3) is 0 Å². The summed E-state index contributed by atoms with van der Waals surface area (Å²) in [5, 5.41) is 6.23. The summed E-state index contributed by atoms with van der Waals surface area (Å²) in [5.41, 5.74) is 2.56. The predicted octanol–water partition coefficient (Wildman–Crippen LogP) is 1.88. The first-order chi connectivity index (χ1) is 10.2. The Labute approximate surface area is 127 Å². The van der Waals surface area contributed by atoms with Crippen molar-refractivity contribution in [3.05, 3.63) is 35.4 Å². The molecule has 0 unspecified atom stereocenters. The molecule has 0 radical (unpaired) electrons. The Morgan fingerprint density at radius 1 is 1.33 bits per heavy atom. The van der Waals surface area contributed by atoms with Crippen molar-refractivity contribution in [3.63, 3.8) is 0 Å². The molecule has 0 aromatic heterocycles. The first-order valence-electron chi connectivity index (χ1n) is 7.82. The van der Waals surface area contributed by atoms with E-state index in [1.807, 2.05) is 12.1 Å². The van der Waals surface area contributed by atoms with Gasteiger partial charge in [-0.3, -0.25) is 4.79 Å². The number of carbonyl (C=O) groups excluding carboxylic acids is 1. The summed E-state index contributed by atoms with van der Waals surface area (Å²) >= 11 is 0. The third-order valence-electron chi connectivity index (χ3n) is 3.78. The Kier molecular flexibility index (Phi) is 6.21. The van der Waals surface area contributed by atoms with Crippen LogP contribution in [-0.4, -0.2) is 31.7 Å². The molecular weight excluding hydrogens is 264 g/mol. The van der Waals surface area contributed by atoms with Crippen LogP contribution in [0.15, 0.2) is 24.3 Å². The highest BCUT2D eigenvalue weighted by molar-refractivity contribution is 5.82. The second kappa shape index (κ2) is 8.15. The molecule has 1 aliphatic heterocycles. The predicted molar refractivity (Wildman–Crippen MR) is 84.1 cm³/mol. The molecule has 1 atom stereocenters. The summed E-state index contributed by atoms with van der Waals surface area (Å²) in [7, 11) is 0. The number of hydrogen-bond acceptors (Lipinski definition) is 3. The third kappa shape index (κ3) is 5.14. The molecule has 0 fully saturated rings. The van der Waals surface area contributed by atoms with Crippen LogP contribution in [0.1, 0.15) is 31.4 Å². The van der Waals surface area contributed by atoms with Crippen molar-refractivity contribution in [2.45, 2.75) is 39.3 Å². The monoisotopic (exact) mass is 290 g/mol. The quantitative estimate of drug-likeness (QED) is 0.754. The number of ether oxygens (including phenoxy) is 1. The maximum atomic E-state index is 12.1. The molecule has 0 spiro atoms. The van der Waals surface area contributed by atoms with Crippen LogP contribution in [0.5, 0.6) is 0 Å². The van der Waals surface area contributed by atoms with E-state index in [0.717, 1.165) is 26.0 Å². The van der Waals surface area contributed by atoms with Gasteiger partial charge in [-0.05, 0) is 29.9 Å². The largest absolute Gasteiger partial charge is 0.380 e. The van der Waals surface area contributed by atoms with E-state index in [2.05, 4.69) is 36.6 Å². The molecular formula is C17H26N2O2. The van der Waals surface area contributed by atoms with Crippen LogP contribution in [0.2, 0.25) is 0 Å². The van der Waals surface area contributed by atoms with Crippen molar-refractivity contribution in [3.8, 4) is 0 Å². The van der Waals surface area contributed by atoms with Crippen molar-refractivity contribution in [2.75, 3.05) is 19.8 Å². The lowest BCUT2D eigenvalue weighted by Crippen LogP contribution is -2.48. The topological polar surface area (TPSA) is 50.4 Å². The van der Waals surface area contributed by atoms with Crippen LogP contribution < -0.4 is 10.6 Å². The van der Waals surface area contributed by atoms with E-state index < -0.39 is 0 Å². The zero-order valence-corrected chi connectivity index (χ0v) is 13.0. The van der Waals surface area contributed by atoms with Gasteiger partial charge in [0.05, 0.1) is 12.6 Å². The van der Waals surface area contributed by atoms with Gasteiger partial charge in [0.25, 0.3) is 0 Å². The molecule has 0 bridgehead atoms. The highest BCUT2D eigenvalue weighted by Crippen LogP contribution is 2.16. The van der Waals surface area contributed by atoms with Crippen LogP contribution in [0.4, 0.5) is 0 Å². The zero-order chi connectivity index (χ0) is 15.1. The Morgan fingerprint density at radius 3 is 2.86 bits per heavy atom. The van der Waals surface area contributed by atoms with Crippen molar-refractivity contribution in [2.24, 2.45) is 5.92 Å². The van der Waals surface area contributed by atoms with E-state index in [0.29, 0.717) is 19.1 Å². The van der Waals surface area contributed by atoms with Crippen LogP contribution >= 0.6 is 0 Å². The second-order valence-corrected chi connectivity index (χ2v) is 5.99. The first-order valence-corrected chi connectivity index (χ1v) is 7.82. The Hall–Kier alpha value is -1.39. The van der Waals surface area contributed by atoms with E-state index in [1.165, 1.54) is 11.1 Å². The fraction of sp³-hybridized carbons (Fsp3) is 0.588. The molecule has 1 heterocycles. The average molecular weight is 290 g/mol. The van der Waals surface area contributed by atoms with E-state index >= 15 is 0 Å². The van der Waals surface area contributed by atoms with Crippen molar-refractivity contribution in [1.82, 2.24) is 10.6 Å². The minimum atomic E-state index is -0.129. The van der Waals surface area contributed by atoms with E-state index in [9.17, 15) is 4.79 Å². The van der Waals surface area contributed by atoms with E-state index in [1.54, 1.807) is 0 Å². The normalized spacial score (nSPS) is 17.6. The molecule has 0 saturated heterocycles. The molecule has 0 aliphatic carbocycles. The lowest BCUT2D eigenvalue weighted by molar-refractivity contribution is -0.123. The molecule has 4 heteroatoms. The number of rotatable bonds is 7. The first kappa shape index (κ1) is 16.0. The SMILES string of the molecule is CC(C)CCOCCNC(=O)[C@@H]1Cc2ccccc2CN1. The second-order valence-electron chi connectivity index (χ2n) is 5.99. The molecule has 1 amide bonds. The van der Waals surface area contributed by atoms with Gasteiger partial charge in [0.15, 0.2) is 0 Å². The fourth-order valence-corrected chi connectivity index (χ4v) is 2.43. The Morgan fingerprint density at radius 2 is 2.10 bits per heavy atom. The van der Waals surface area contributed by atoms with Gasteiger partial charge in [-0.25, -0.2) is 0 Å². The van der Waals surface area contributed by atoms with Crippen LogP contribution in [0, 0.1) is 5.92 Å². The van der Waals surface area contributed by atoms with Gasteiger partial charge in [0, 0.05) is 19.7 Å². The van der Waals surface area contributed by atoms with Crippen molar-refractivity contribution >= 4 is 5.91 Å². The van der Waals surface area contributed by atoms with Gasteiger partial charge < -0.3 is 15.4 Å². The summed E-state index contributed by atoms with van der Waals surface area (Å²) in [6.45, 7) is 7.05. The maximum absolute atomic E-state index is 12.1. The molecule has 116 valence electrons. The smallest absolute Gasteiger partial charge is 0.237 e. The molecule has 4 nitrogen and oxygen atoms in total. The lowest BCUT2D eigenvalue weighted by Gasteiger charge is -2.25. The molecule has 0 saturated carbocycles. The molecule has 2 N–H and O–H groups in total. The van der Waals surface area contributed by atoms with Gasteiger partial charge in [-0.2, -0.15) is 0 Å². The van der Waals surface area contributed by atoms with Crippen molar-refractivity contribution in [1.29, 1.82) is 0 Å². The minimum absolute atomic E-state index is 0.0666. The molecule has 1 aliphatic rings. The Bertz CT molecular complexity index is 460. The van der Waals surface area contributed by atoms with Crippen molar-refractivity contribution < 1.29 is 9.53 Å². The standard InChI is InChI=1S/C17H26N2O2/c1-13(2)7-9-21-10-8-18-17(20)16-11-14-5-3-4-6-15(14)12-19-16/h3-6,13,16,19H,7-12H2,1-2H3,(H,18,20)/t16-/m0/s1. The number of nitrogens with one attached hydrogen (secondary N) is 2. The van der Waals surface area contributed by atoms with E-state index in [4.69, 9.17) is 4.74 Å². The summed E-state index contributed by atoms with van der Waals surface area (Å²) < 4.78 is 5.50. The number of fused-ring (bicyclic) bond motifs is 1. The maximum Gasteiger partial charge on any atom is 0.237 e. The molecule has 21 heavy (non-hydrogen) atoms. The average Bonchev–Trinajstić information content (AvgIpc) is 2.49. The minimum Gasteiger partial charge on any atom is -0.380 e. The molecule has 1 aromatic carbocycles. The zero-order valence-electron chi connectivity index (χ0n) is 13.0. The summed E-state index contributed by atoms with van der Waals surface area (Å²) in [6, 6.07) is 8.15. The molecule has 1 aromatic rings. The number of amides is 1. The number of hydrogen-bond donors (Lipinski definition) is 2. The van der Waals surface area contributed by atoms with Crippen LogP contribution in [-0.2, 0) is 22.5 Å². The number of carbonyl (C=O) groups is 1. The summed E-state index contributed by atoms with van der Waals surface area (Å²) in [6.07, 6.45) is 1.82.